The average molecular weight is 446 g/mol. The van der Waals surface area contributed by atoms with Crippen LogP contribution in [0.25, 0.3) is 0 Å². The van der Waals surface area contributed by atoms with Crippen LogP contribution in [-0.2, 0) is 11.4 Å². The number of rotatable bonds is 17. The van der Waals surface area contributed by atoms with Crippen molar-refractivity contribution in [1.82, 2.24) is 0 Å². The van der Waals surface area contributed by atoms with Gasteiger partial charge in [-0.2, -0.15) is 0 Å². The highest BCUT2D eigenvalue weighted by Gasteiger charge is 2.14. The summed E-state index contributed by atoms with van der Waals surface area (Å²) in [4.78, 5) is 14.0. The molecule has 0 saturated carbocycles. The van der Waals surface area contributed by atoms with Crippen LogP contribution in [0.3, 0.4) is 0 Å². The zero-order valence-electron chi connectivity index (χ0n) is 21.9. The summed E-state index contributed by atoms with van der Waals surface area (Å²) >= 11 is 0. The topological polar surface area (TPSA) is 40.5 Å². The first-order chi connectivity index (χ1) is 15.2. The molecular formula is C29H51NO2. The molecule has 0 spiro atoms. The molecule has 3 atom stereocenters. The highest BCUT2D eigenvalue weighted by Crippen LogP contribution is 2.24. The molecule has 3 unspecified atom stereocenters. The molecule has 0 aliphatic rings. The Morgan fingerprint density at radius 2 is 1.31 bits per heavy atom. The fraction of sp³-hybridized carbons (Fsp3) is 0.759. The third kappa shape index (κ3) is 12.6. The Morgan fingerprint density at radius 3 is 1.78 bits per heavy atom. The predicted octanol–water partition coefficient (Wildman–Crippen LogP) is 8.00. The largest absolute Gasteiger partial charge is 0.392 e. The lowest BCUT2D eigenvalue weighted by molar-refractivity contribution is -0.116. The van der Waals surface area contributed by atoms with Crippen molar-refractivity contribution >= 4 is 11.6 Å². The molecule has 1 N–H and O–H groups in total. The zero-order chi connectivity index (χ0) is 23.9. The second-order valence-electron chi connectivity index (χ2n) is 10.8. The monoisotopic (exact) mass is 445 g/mol. The molecule has 1 aromatic rings. The van der Waals surface area contributed by atoms with Crippen molar-refractivity contribution in [2.45, 2.75) is 112 Å². The van der Waals surface area contributed by atoms with Gasteiger partial charge in [0.15, 0.2) is 0 Å². The number of hydrogen-bond acceptors (Lipinski definition) is 2. The van der Waals surface area contributed by atoms with Gasteiger partial charge in [-0.05, 0) is 47.8 Å². The van der Waals surface area contributed by atoms with E-state index in [4.69, 9.17) is 0 Å². The van der Waals surface area contributed by atoms with Crippen molar-refractivity contribution in [1.29, 1.82) is 0 Å². The second-order valence-corrected chi connectivity index (χ2v) is 10.8. The van der Waals surface area contributed by atoms with Gasteiger partial charge in [0, 0.05) is 19.2 Å². The fourth-order valence-electron chi connectivity index (χ4n) is 4.58. The van der Waals surface area contributed by atoms with Crippen LogP contribution in [0.5, 0.6) is 0 Å². The molecule has 0 radical (unpaired) electrons. The molecule has 3 heteroatoms. The van der Waals surface area contributed by atoms with Crippen LogP contribution in [0, 0.1) is 23.7 Å². The third-order valence-electron chi connectivity index (χ3n) is 6.90. The van der Waals surface area contributed by atoms with Gasteiger partial charge in [0.1, 0.15) is 0 Å². The van der Waals surface area contributed by atoms with E-state index >= 15 is 0 Å². The standard InChI is InChI=1S/C29H51NO2/c1-23(2)11-7-12-24(3)13-8-14-25(4)15-9-16-26(5)19-20-30(27(6)32)29-18-10-17-28(21-29)22-31/h10,17-18,21,23-26,31H,7-9,11-16,19-20,22H2,1-6H3. The summed E-state index contributed by atoms with van der Waals surface area (Å²) in [6.45, 7) is 14.2. The summed E-state index contributed by atoms with van der Waals surface area (Å²) in [5.74, 6) is 3.22. The number of aliphatic hydroxyl groups excluding tert-OH is 1. The Bertz CT molecular complexity index is 627. The lowest BCUT2D eigenvalue weighted by Gasteiger charge is -2.24. The summed E-state index contributed by atoms with van der Waals surface area (Å²) < 4.78 is 0. The average Bonchev–Trinajstić information content (AvgIpc) is 2.73. The van der Waals surface area contributed by atoms with E-state index < -0.39 is 0 Å². The number of carbonyl (C=O) groups excluding carboxylic acids is 1. The van der Waals surface area contributed by atoms with E-state index in [-0.39, 0.29) is 12.5 Å². The first-order valence-electron chi connectivity index (χ1n) is 13.2. The SMILES string of the molecule is CC(=O)N(CCC(C)CCCC(C)CCCC(C)CCCC(C)C)c1cccc(CO)c1. The number of benzene rings is 1. The maximum Gasteiger partial charge on any atom is 0.223 e. The van der Waals surface area contributed by atoms with Crippen LogP contribution < -0.4 is 4.90 Å². The number of carbonyl (C=O) groups is 1. The Kier molecular flexibility index (Phi) is 14.6. The van der Waals surface area contributed by atoms with E-state index in [2.05, 4.69) is 34.6 Å². The van der Waals surface area contributed by atoms with Crippen molar-refractivity contribution in [3.63, 3.8) is 0 Å². The van der Waals surface area contributed by atoms with E-state index in [1.165, 1.54) is 57.8 Å². The quantitative estimate of drug-likeness (QED) is 0.264. The minimum Gasteiger partial charge on any atom is -0.392 e. The lowest BCUT2D eigenvalue weighted by atomic mass is 9.90. The van der Waals surface area contributed by atoms with Crippen LogP contribution >= 0.6 is 0 Å². The summed E-state index contributed by atoms with van der Waals surface area (Å²) in [6, 6.07) is 7.67. The molecule has 0 heterocycles. The normalized spacial score (nSPS) is 14.4. The van der Waals surface area contributed by atoms with Crippen LogP contribution in [-0.4, -0.2) is 17.6 Å². The second kappa shape index (κ2) is 16.3. The fourth-order valence-corrected chi connectivity index (χ4v) is 4.58. The molecule has 1 amide bonds. The number of amides is 1. The molecule has 184 valence electrons. The molecule has 0 aliphatic heterocycles. The summed E-state index contributed by atoms with van der Waals surface area (Å²) in [5, 5.41) is 9.37. The summed E-state index contributed by atoms with van der Waals surface area (Å²) in [5.41, 5.74) is 1.74. The first-order valence-corrected chi connectivity index (χ1v) is 13.2. The number of hydrogen-bond donors (Lipinski definition) is 1. The summed E-state index contributed by atoms with van der Waals surface area (Å²) in [7, 11) is 0. The Morgan fingerprint density at radius 1 is 0.812 bits per heavy atom. The number of aliphatic hydroxyl groups is 1. The van der Waals surface area contributed by atoms with Gasteiger partial charge in [0.25, 0.3) is 0 Å². The van der Waals surface area contributed by atoms with Gasteiger partial charge in [-0.1, -0.05) is 105 Å². The number of nitrogens with zero attached hydrogens (tertiary/aromatic N) is 1. The van der Waals surface area contributed by atoms with Crippen LogP contribution in [0.2, 0.25) is 0 Å². The van der Waals surface area contributed by atoms with Gasteiger partial charge >= 0.3 is 0 Å². The van der Waals surface area contributed by atoms with Gasteiger partial charge in [-0.25, -0.2) is 0 Å². The van der Waals surface area contributed by atoms with Gasteiger partial charge in [-0.3, -0.25) is 4.79 Å². The van der Waals surface area contributed by atoms with E-state index in [0.29, 0.717) is 5.92 Å². The van der Waals surface area contributed by atoms with E-state index in [1.807, 2.05) is 29.2 Å². The van der Waals surface area contributed by atoms with E-state index in [1.54, 1.807) is 6.92 Å². The van der Waals surface area contributed by atoms with Crippen molar-refractivity contribution in [3.05, 3.63) is 29.8 Å². The Labute approximate surface area is 199 Å². The maximum absolute atomic E-state index is 12.2. The Balaban J connectivity index is 2.23. The molecule has 32 heavy (non-hydrogen) atoms. The molecular weight excluding hydrogens is 394 g/mol. The highest BCUT2D eigenvalue weighted by atomic mass is 16.3. The van der Waals surface area contributed by atoms with Gasteiger partial charge in [0.2, 0.25) is 5.91 Å². The van der Waals surface area contributed by atoms with Crippen molar-refractivity contribution in [2.75, 3.05) is 11.4 Å². The van der Waals surface area contributed by atoms with Crippen LogP contribution in [0.15, 0.2) is 24.3 Å². The maximum atomic E-state index is 12.2. The van der Waals surface area contributed by atoms with E-state index in [9.17, 15) is 9.90 Å². The Hall–Kier alpha value is -1.35. The van der Waals surface area contributed by atoms with Gasteiger partial charge in [-0.15, -0.1) is 0 Å². The lowest BCUT2D eigenvalue weighted by Crippen LogP contribution is -2.30. The van der Waals surface area contributed by atoms with Crippen molar-refractivity contribution in [3.8, 4) is 0 Å². The van der Waals surface area contributed by atoms with Gasteiger partial charge in [0.05, 0.1) is 6.61 Å². The number of anilines is 1. The molecule has 0 bridgehead atoms. The molecule has 1 rings (SSSR count). The third-order valence-corrected chi connectivity index (χ3v) is 6.90. The predicted molar refractivity (Wildman–Crippen MR) is 139 cm³/mol. The minimum atomic E-state index is 0.00518. The summed E-state index contributed by atoms with van der Waals surface area (Å²) in [6.07, 6.45) is 13.1. The zero-order valence-corrected chi connectivity index (χ0v) is 21.9. The van der Waals surface area contributed by atoms with Crippen molar-refractivity contribution < 1.29 is 9.90 Å². The van der Waals surface area contributed by atoms with E-state index in [0.717, 1.165) is 42.0 Å². The molecule has 0 aliphatic carbocycles. The van der Waals surface area contributed by atoms with Crippen molar-refractivity contribution in [2.24, 2.45) is 23.7 Å². The minimum absolute atomic E-state index is 0.00518. The van der Waals surface area contributed by atoms with Crippen LogP contribution in [0.4, 0.5) is 5.69 Å². The highest BCUT2D eigenvalue weighted by molar-refractivity contribution is 5.91. The van der Waals surface area contributed by atoms with Gasteiger partial charge < -0.3 is 10.0 Å². The smallest absolute Gasteiger partial charge is 0.223 e. The molecule has 1 aromatic carbocycles. The molecule has 0 aromatic heterocycles. The van der Waals surface area contributed by atoms with Crippen LogP contribution in [0.1, 0.15) is 111 Å². The molecule has 0 saturated heterocycles. The molecule has 0 fully saturated rings. The molecule has 3 nitrogen and oxygen atoms in total. The first kappa shape index (κ1) is 28.7.